The normalized spacial score (nSPS) is 15.9. The topological polar surface area (TPSA) is 210 Å². The number of nitrogens with two attached hydrogens (primary N) is 2. The van der Waals surface area contributed by atoms with Crippen LogP contribution in [0.5, 0.6) is 0 Å². The summed E-state index contributed by atoms with van der Waals surface area (Å²) in [4.78, 5) is 56.3. The highest BCUT2D eigenvalue weighted by atomic mass is 35.5. The SMILES string of the molecule is C[C@H](C(N)=O)n1c(N2C[C@@H](c3cccc(-c4cc(C5=NN(c6nn(CCc7ccc(C(N)=O)cc7)c(=O)n6C)C[C@H]5c5ccccc5)ccc4Cl)c3)C(c3ccc(Cl)cc3)=N2)nn(Cc2ccc(Cl)cn2)c1=O. The van der Waals surface area contributed by atoms with E-state index in [1.165, 1.54) is 24.7 Å². The van der Waals surface area contributed by atoms with Crippen LogP contribution in [0.4, 0.5) is 11.9 Å². The summed E-state index contributed by atoms with van der Waals surface area (Å²) in [5, 5.41) is 24.6. The lowest BCUT2D eigenvalue weighted by Crippen LogP contribution is -2.35. The molecule has 5 aromatic carbocycles. The molecule has 0 aliphatic carbocycles. The highest BCUT2D eigenvalue weighted by molar-refractivity contribution is 6.33. The Balaban J connectivity index is 0.988. The minimum Gasteiger partial charge on any atom is -0.368 e. The number of halogens is 3. The van der Waals surface area contributed by atoms with E-state index in [2.05, 4.69) is 23.2 Å². The molecule has 0 saturated heterocycles. The van der Waals surface area contributed by atoms with Gasteiger partial charge in [-0.05, 0) is 95.3 Å². The number of carbonyl (C=O) groups is 2. The van der Waals surface area contributed by atoms with Gasteiger partial charge >= 0.3 is 11.4 Å². The molecule has 3 aromatic heterocycles. The van der Waals surface area contributed by atoms with E-state index in [1.54, 1.807) is 60.4 Å². The van der Waals surface area contributed by atoms with E-state index >= 15 is 0 Å². The highest BCUT2D eigenvalue weighted by Crippen LogP contribution is 2.38. The number of rotatable bonds is 15. The van der Waals surface area contributed by atoms with Crippen LogP contribution in [0.2, 0.25) is 15.1 Å². The van der Waals surface area contributed by atoms with Crippen molar-refractivity contribution in [3.8, 4) is 11.1 Å². The first-order valence-electron chi connectivity index (χ1n) is 23.3. The van der Waals surface area contributed by atoms with Crippen molar-refractivity contribution in [2.45, 2.75) is 44.3 Å². The molecule has 2 aliphatic rings. The molecule has 0 bridgehead atoms. The minimum atomic E-state index is -1.06. The number of hydrogen-bond donors (Lipinski definition) is 2. The van der Waals surface area contributed by atoms with Gasteiger partial charge in [0.15, 0.2) is 0 Å². The molecule has 368 valence electrons. The molecule has 2 amide bonds. The lowest BCUT2D eigenvalue weighted by Gasteiger charge is -2.19. The summed E-state index contributed by atoms with van der Waals surface area (Å²) in [7, 11) is 1.68. The molecule has 73 heavy (non-hydrogen) atoms. The first kappa shape index (κ1) is 48.5. The lowest BCUT2D eigenvalue weighted by molar-refractivity contribution is -0.120. The number of carbonyl (C=O) groups excluding carboxylic acids is 2. The van der Waals surface area contributed by atoms with Crippen LogP contribution in [0.25, 0.3) is 11.1 Å². The van der Waals surface area contributed by atoms with Crippen molar-refractivity contribution in [3.05, 3.63) is 215 Å². The molecule has 4 N–H and O–H groups in total. The largest absolute Gasteiger partial charge is 0.368 e. The van der Waals surface area contributed by atoms with E-state index in [-0.39, 0.29) is 36.6 Å². The number of hydrogen-bond acceptors (Lipinski definition) is 11. The van der Waals surface area contributed by atoms with Crippen molar-refractivity contribution in [2.75, 3.05) is 23.1 Å². The number of aryl methyl sites for hydroxylation is 2. The number of nitrogens with zero attached hydrogens (tertiary/aromatic N) is 11. The Bertz CT molecular complexity index is 3590. The third-order valence-corrected chi connectivity index (χ3v) is 13.9. The van der Waals surface area contributed by atoms with Crippen molar-refractivity contribution in [2.24, 2.45) is 28.7 Å². The van der Waals surface area contributed by atoms with Gasteiger partial charge in [0, 0.05) is 46.3 Å². The van der Waals surface area contributed by atoms with E-state index < -0.39 is 23.5 Å². The molecule has 0 unspecified atom stereocenters. The Morgan fingerprint density at radius 3 is 2.00 bits per heavy atom. The monoisotopic (exact) mass is 1030 g/mol. The number of hydrazone groups is 2. The summed E-state index contributed by atoms with van der Waals surface area (Å²) in [6, 6.07) is 40.6. The van der Waals surface area contributed by atoms with Gasteiger partial charge in [-0.3, -0.25) is 19.1 Å². The van der Waals surface area contributed by atoms with E-state index in [4.69, 9.17) is 66.7 Å². The quantitative estimate of drug-likeness (QED) is 0.105. The van der Waals surface area contributed by atoms with E-state index in [0.29, 0.717) is 57.5 Å². The fraction of sp³-hybridized carbons (Fsp3) is 0.189. The van der Waals surface area contributed by atoms with E-state index in [0.717, 1.165) is 44.7 Å². The number of pyridine rings is 1. The maximum absolute atomic E-state index is 14.0. The summed E-state index contributed by atoms with van der Waals surface area (Å²) in [6.45, 7) is 2.52. The molecule has 0 saturated carbocycles. The Kier molecular flexibility index (Phi) is 13.4. The first-order valence-corrected chi connectivity index (χ1v) is 24.4. The number of aromatic nitrogens is 7. The smallest absolute Gasteiger partial charge is 0.348 e. The van der Waals surface area contributed by atoms with Crippen LogP contribution in [0.1, 0.15) is 68.7 Å². The Labute approximate surface area is 433 Å². The molecule has 0 fully saturated rings. The van der Waals surface area contributed by atoms with Gasteiger partial charge in [0.2, 0.25) is 23.7 Å². The van der Waals surface area contributed by atoms with Gasteiger partial charge in [-0.2, -0.15) is 10.2 Å². The van der Waals surface area contributed by atoms with Crippen molar-refractivity contribution >= 4 is 69.9 Å². The van der Waals surface area contributed by atoms with Crippen molar-refractivity contribution in [1.29, 1.82) is 0 Å². The van der Waals surface area contributed by atoms with Crippen molar-refractivity contribution in [1.82, 2.24) is 33.7 Å². The maximum atomic E-state index is 14.0. The van der Waals surface area contributed by atoms with Crippen molar-refractivity contribution in [3.63, 3.8) is 0 Å². The third kappa shape index (κ3) is 9.81. The summed E-state index contributed by atoms with van der Waals surface area (Å²) in [5.41, 5.74) is 18.8. The molecule has 8 aromatic rings. The van der Waals surface area contributed by atoms with Crippen LogP contribution < -0.4 is 32.9 Å². The lowest BCUT2D eigenvalue weighted by atomic mass is 9.87. The number of anilines is 2. The predicted molar refractivity (Wildman–Crippen MR) is 283 cm³/mol. The maximum Gasteiger partial charge on any atom is 0.348 e. The minimum absolute atomic E-state index is 0.00736. The molecule has 10 rings (SSSR count). The van der Waals surface area contributed by atoms with Gasteiger partial charge < -0.3 is 11.5 Å². The zero-order valence-corrected chi connectivity index (χ0v) is 41.7. The molecule has 2 aliphatic heterocycles. The van der Waals surface area contributed by atoms with Crippen LogP contribution >= 0.6 is 34.8 Å². The Morgan fingerprint density at radius 2 is 1.32 bits per heavy atom. The second-order valence-corrected chi connectivity index (χ2v) is 19.1. The molecule has 5 heterocycles. The molecule has 0 radical (unpaired) electrons. The molecule has 0 spiro atoms. The molecular weight excluding hydrogens is 989 g/mol. The van der Waals surface area contributed by atoms with Crippen molar-refractivity contribution < 1.29 is 9.59 Å². The van der Waals surface area contributed by atoms with Gasteiger partial charge in [-0.1, -0.05) is 120 Å². The van der Waals surface area contributed by atoms with Crippen LogP contribution in [0.15, 0.2) is 159 Å². The Morgan fingerprint density at radius 1 is 0.671 bits per heavy atom. The van der Waals surface area contributed by atoms with Crippen LogP contribution in [0.3, 0.4) is 0 Å². The number of amides is 2. The highest BCUT2D eigenvalue weighted by Gasteiger charge is 2.36. The summed E-state index contributed by atoms with van der Waals surface area (Å²) in [5.74, 6) is -1.28. The molecule has 20 heteroatoms. The van der Waals surface area contributed by atoms with Crippen LogP contribution in [0, 0.1) is 0 Å². The summed E-state index contributed by atoms with van der Waals surface area (Å²) in [6.07, 6.45) is 1.99. The van der Waals surface area contributed by atoms with Gasteiger partial charge in [-0.15, -0.1) is 10.2 Å². The fourth-order valence-corrected chi connectivity index (χ4v) is 9.62. The standard InChI is InChI=1S/C53H46Cl3N13O4/c1-31(48(57)70)69-51(63-68(53(69)73)28-41-21-20-40(55)27-59-41)67-30-44(46(60-67)34-15-18-39(54)19-16-34)37-10-6-9-36(25-37)42-26-38(17-22-45(42)56)47-43(33-7-4-3-5-8-33)29-66(61-47)50-62-65(52(72)64(50)2)24-23-32-11-13-35(14-12-32)49(58)71/h3-22,25-27,31,43-44H,23-24,28-30H2,1-2H3,(H2,57,70)(H2,58,71)/t31-,43+,44+/m1/s1. The summed E-state index contributed by atoms with van der Waals surface area (Å²) >= 11 is 19.6. The second-order valence-electron chi connectivity index (χ2n) is 17.8. The zero-order chi connectivity index (χ0) is 51.1. The third-order valence-electron chi connectivity index (χ3n) is 13.1. The molecule has 17 nitrogen and oxygen atoms in total. The average molecular weight is 1040 g/mol. The van der Waals surface area contributed by atoms with Gasteiger partial charge in [0.05, 0.1) is 48.3 Å². The molecule has 3 atom stereocenters. The Hall–Kier alpha value is -8.12. The average Bonchev–Trinajstić information content (AvgIpc) is 4.18. The van der Waals surface area contributed by atoms with Crippen LogP contribution in [-0.2, 0) is 31.4 Å². The molecular formula is C53H46Cl3N13O4. The summed E-state index contributed by atoms with van der Waals surface area (Å²) < 4.78 is 5.41. The van der Waals surface area contributed by atoms with Gasteiger partial charge in [0.25, 0.3) is 0 Å². The van der Waals surface area contributed by atoms with Gasteiger partial charge in [-0.25, -0.2) is 33.5 Å². The number of benzene rings is 5. The van der Waals surface area contributed by atoms with E-state index in [9.17, 15) is 19.2 Å². The second kappa shape index (κ2) is 20.2. The zero-order valence-electron chi connectivity index (χ0n) is 39.4. The number of primary amides is 2. The fourth-order valence-electron chi connectivity index (χ4n) is 9.16. The van der Waals surface area contributed by atoms with Gasteiger partial charge in [0.1, 0.15) is 6.04 Å². The predicted octanol–water partition coefficient (Wildman–Crippen LogP) is 7.41. The van der Waals surface area contributed by atoms with E-state index in [1.807, 2.05) is 78.9 Å². The first-order chi connectivity index (χ1) is 35.2. The van der Waals surface area contributed by atoms with Crippen LogP contribution in [-0.4, -0.2) is 70.0 Å².